The summed E-state index contributed by atoms with van der Waals surface area (Å²) in [6, 6.07) is 5.78. The van der Waals surface area contributed by atoms with E-state index in [9.17, 15) is 4.79 Å². The van der Waals surface area contributed by atoms with Crippen molar-refractivity contribution in [1.82, 2.24) is 0 Å². The Labute approximate surface area is 108 Å². The standard InChI is InChI=1S/C16H20O2/c1-9(2)12-7-14-13(10(3)4)8-16(17)18-15(14)6-11(12)5/h6-10H,1-5H3. The summed E-state index contributed by atoms with van der Waals surface area (Å²) in [5, 5.41) is 1.07. The summed E-state index contributed by atoms with van der Waals surface area (Å²) >= 11 is 0. The molecule has 0 aliphatic rings. The Bertz CT molecular complexity index is 633. The number of benzene rings is 1. The van der Waals surface area contributed by atoms with E-state index < -0.39 is 0 Å². The largest absolute Gasteiger partial charge is 0.423 e. The van der Waals surface area contributed by atoms with Crippen molar-refractivity contribution >= 4 is 11.0 Å². The van der Waals surface area contributed by atoms with Crippen LogP contribution in [0, 0.1) is 6.92 Å². The van der Waals surface area contributed by atoms with E-state index >= 15 is 0 Å². The highest BCUT2D eigenvalue weighted by Gasteiger charge is 2.12. The van der Waals surface area contributed by atoms with E-state index in [0.717, 1.165) is 10.9 Å². The summed E-state index contributed by atoms with van der Waals surface area (Å²) in [4.78, 5) is 11.6. The van der Waals surface area contributed by atoms with Crippen molar-refractivity contribution in [1.29, 1.82) is 0 Å². The topological polar surface area (TPSA) is 30.2 Å². The van der Waals surface area contributed by atoms with E-state index in [-0.39, 0.29) is 5.63 Å². The van der Waals surface area contributed by atoms with Crippen LogP contribution in [0.5, 0.6) is 0 Å². The van der Waals surface area contributed by atoms with Gasteiger partial charge in [0, 0.05) is 11.5 Å². The predicted octanol–water partition coefficient (Wildman–Crippen LogP) is 4.35. The van der Waals surface area contributed by atoms with E-state index in [1.54, 1.807) is 6.07 Å². The van der Waals surface area contributed by atoms with E-state index in [1.165, 1.54) is 11.1 Å². The molecule has 0 amide bonds. The summed E-state index contributed by atoms with van der Waals surface area (Å²) in [6.45, 7) is 10.6. The van der Waals surface area contributed by atoms with Crippen LogP contribution in [-0.2, 0) is 0 Å². The number of fused-ring (bicyclic) bond motifs is 1. The average Bonchev–Trinajstić information content (AvgIpc) is 2.26. The Kier molecular flexibility index (Phi) is 3.29. The Hall–Kier alpha value is -1.57. The molecule has 2 rings (SSSR count). The van der Waals surface area contributed by atoms with Crippen molar-refractivity contribution in [2.45, 2.75) is 46.5 Å². The maximum Gasteiger partial charge on any atom is 0.336 e. The molecule has 0 aliphatic carbocycles. The molecule has 0 atom stereocenters. The van der Waals surface area contributed by atoms with Crippen molar-refractivity contribution in [3.8, 4) is 0 Å². The molecule has 18 heavy (non-hydrogen) atoms. The van der Waals surface area contributed by atoms with Gasteiger partial charge in [0.15, 0.2) is 0 Å². The first-order chi connectivity index (χ1) is 8.40. The van der Waals surface area contributed by atoms with Gasteiger partial charge < -0.3 is 4.42 Å². The number of rotatable bonds is 2. The lowest BCUT2D eigenvalue weighted by Crippen LogP contribution is -2.03. The Morgan fingerprint density at radius 3 is 2.11 bits per heavy atom. The molecule has 0 fully saturated rings. The van der Waals surface area contributed by atoms with Gasteiger partial charge in [0.05, 0.1) is 0 Å². The highest BCUT2D eigenvalue weighted by atomic mass is 16.4. The fourth-order valence-electron chi connectivity index (χ4n) is 2.45. The van der Waals surface area contributed by atoms with Crippen LogP contribution in [0.3, 0.4) is 0 Å². The van der Waals surface area contributed by atoms with E-state index in [0.29, 0.717) is 17.4 Å². The molecule has 0 saturated carbocycles. The molecule has 1 aromatic heterocycles. The number of hydrogen-bond donors (Lipinski definition) is 0. The summed E-state index contributed by atoms with van der Waals surface area (Å²) in [5.41, 5.74) is 4.01. The molecule has 0 N–H and O–H groups in total. The molecule has 0 aliphatic heterocycles. The lowest BCUT2D eigenvalue weighted by Gasteiger charge is -2.14. The SMILES string of the molecule is Cc1cc2oc(=O)cc(C(C)C)c2cc1C(C)C. The first-order valence-corrected chi connectivity index (χ1v) is 6.48. The lowest BCUT2D eigenvalue weighted by molar-refractivity contribution is 0.557. The molecule has 2 aromatic rings. The van der Waals surface area contributed by atoms with Crippen LogP contribution in [-0.4, -0.2) is 0 Å². The van der Waals surface area contributed by atoms with Crippen LogP contribution in [0.25, 0.3) is 11.0 Å². The minimum Gasteiger partial charge on any atom is -0.423 e. The second-order valence-corrected chi connectivity index (χ2v) is 5.54. The van der Waals surface area contributed by atoms with Gasteiger partial charge in [-0.1, -0.05) is 27.7 Å². The number of hydrogen-bond acceptors (Lipinski definition) is 2. The van der Waals surface area contributed by atoms with E-state index in [4.69, 9.17) is 4.42 Å². The minimum atomic E-state index is -0.261. The minimum absolute atomic E-state index is 0.261. The van der Waals surface area contributed by atoms with Gasteiger partial charge in [0.2, 0.25) is 0 Å². The Morgan fingerprint density at radius 1 is 0.944 bits per heavy atom. The van der Waals surface area contributed by atoms with Gasteiger partial charge in [0.25, 0.3) is 0 Å². The van der Waals surface area contributed by atoms with Crippen molar-refractivity contribution in [3.05, 3.63) is 45.3 Å². The zero-order valence-corrected chi connectivity index (χ0v) is 11.7. The monoisotopic (exact) mass is 244 g/mol. The zero-order chi connectivity index (χ0) is 13.4. The first-order valence-electron chi connectivity index (χ1n) is 6.48. The third-order valence-electron chi connectivity index (χ3n) is 3.41. The second-order valence-electron chi connectivity index (χ2n) is 5.54. The van der Waals surface area contributed by atoms with Crippen molar-refractivity contribution in [3.63, 3.8) is 0 Å². The van der Waals surface area contributed by atoms with Crippen LogP contribution < -0.4 is 5.63 Å². The first kappa shape index (κ1) is 12.9. The van der Waals surface area contributed by atoms with Gasteiger partial charge in [-0.25, -0.2) is 4.79 Å². The van der Waals surface area contributed by atoms with E-state index in [1.807, 2.05) is 6.07 Å². The number of aryl methyl sites for hydroxylation is 1. The molecule has 2 heteroatoms. The highest BCUT2D eigenvalue weighted by Crippen LogP contribution is 2.29. The molecule has 96 valence electrons. The van der Waals surface area contributed by atoms with Crippen LogP contribution in [0.4, 0.5) is 0 Å². The van der Waals surface area contributed by atoms with Crippen molar-refractivity contribution < 1.29 is 4.42 Å². The third kappa shape index (κ3) is 2.20. The van der Waals surface area contributed by atoms with Crippen LogP contribution in [0.1, 0.15) is 56.2 Å². The molecule has 0 unspecified atom stereocenters. The van der Waals surface area contributed by atoms with Gasteiger partial charge in [-0.15, -0.1) is 0 Å². The molecular formula is C16H20O2. The van der Waals surface area contributed by atoms with Gasteiger partial charge >= 0.3 is 5.63 Å². The fraction of sp³-hybridized carbons (Fsp3) is 0.438. The highest BCUT2D eigenvalue weighted by molar-refractivity contribution is 5.82. The maximum atomic E-state index is 11.6. The summed E-state index contributed by atoms with van der Waals surface area (Å²) < 4.78 is 5.31. The fourth-order valence-corrected chi connectivity index (χ4v) is 2.45. The van der Waals surface area contributed by atoms with Crippen LogP contribution in [0.2, 0.25) is 0 Å². The van der Waals surface area contributed by atoms with Gasteiger partial charge in [-0.05, 0) is 47.6 Å². The quantitative estimate of drug-likeness (QED) is 0.735. The van der Waals surface area contributed by atoms with E-state index in [2.05, 4.69) is 40.7 Å². The molecule has 2 nitrogen and oxygen atoms in total. The smallest absolute Gasteiger partial charge is 0.336 e. The molecule has 0 spiro atoms. The summed E-state index contributed by atoms with van der Waals surface area (Å²) in [7, 11) is 0. The molecule has 0 bridgehead atoms. The molecule has 1 aromatic carbocycles. The summed E-state index contributed by atoms with van der Waals surface area (Å²) in [5.74, 6) is 0.792. The van der Waals surface area contributed by atoms with Crippen molar-refractivity contribution in [2.75, 3.05) is 0 Å². The van der Waals surface area contributed by atoms with Crippen LogP contribution in [0.15, 0.2) is 27.4 Å². The zero-order valence-electron chi connectivity index (χ0n) is 11.7. The molecule has 0 saturated heterocycles. The Morgan fingerprint density at radius 2 is 1.56 bits per heavy atom. The predicted molar refractivity (Wildman–Crippen MR) is 75.4 cm³/mol. The van der Waals surface area contributed by atoms with Gasteiger partial charge in [-0.2, -0.15) is 0 Å². The maximum absolute atomic E-state index is 11.6. The normalized spacial score (nSPS) is 11.7. The van der Waals surface area contributed by atoms with Crippen molar-refractivity contribution in [2.24, 2.45) is 0 Å². The van der Waals surface area contributed by atoms with Crippen LogP contribution >= 0.6 is 0 Å². The average molecular weight is 244 g/mol. The molecule has 1 heterocycles. The third-order valence-corrected chi connectivity index (χ3v) is 3.41. The Balaban J connectivity index is 2.85. The second kappa shape index (κ2) is 4.60. The van der Waals surface area contributed by atoms with Gasteiger partial charge in [-0.3, -0.25) is 0 Å². The van der Waals surface area contributed by atoms with Gasteiger partial charge in [0.1, 0.15) is 5.58 Å². The molecule has 0 radical (unpaired) electrons. The summed E-state index contributed by atoms with van der Waals surface area (Å²) in [6.07, 6.45) is 0. The lowest BCUT2D eigenvalue weighted by atomic mass is 9.92. The molecular weight excluding hydrogens is 224 g/mol.